The summed E-state index contributed by atoms with van der Waals surface area (Å²) >= 11 is 5.92. The van der Waals surface area contributed by atoms with Crippen LogP contribution in [0.5, 0.6) is 5.75 Å². The van der Waals surface area contributed by atoms with Gasteiger partial charge in [-0.1, -0.05) is 17.7 Å². The van der Waals surface area contributed by atoms with Gasteiger partial charge >= 0.3 is 0 Å². The van der Waals surface area contributed by atoms with Crippen LogP contribution in [0.3, 0.4) is 0 Å². The summed E-state index contributed by atoms with van der Waals surface area (Å²) in [6, 6.07) is 5.29. The average molecular weight is 457 g/mol. The van der Waals surface area contributed by atoms with Gasteiger partial charge in [-0.05, 0) is 17.7 Å². The monoisotopic (exact) mass is 456 g/mol. The molecule has 164 valence electrons. The molecule has 0 bridgehead atoms. The summed E-state index contributed by atoms with van der Waals surface area (Å²) in [5.41, 5.74) is 12.8. The molecule has 1 aliphatic carbocycles. The van der Waals surface area contributed by atoms with Crippen LogP contribution in [-0.4, -0.2) is 48.5 Å². The first-order valence-electron chi connectivity index (χ1n) is 9.65. The average Bonchev–Trinajstić information content (AvgIpc) is 3.31. The summed E-state index contributed by atoms with van der Waals surface area (Å²) in [6.07, 6.45) is 2.45. The third-order valence-electron chi connectivity index (χ3n) is 5.54. The molecule has 0 amide bonds. The van der Waals surface area contributed by atoms with Crippen molar-refractivity contribution in [2.24, 2.45) is 0 Å². The van der Waals surface area contributed by atoms with Crippen LogP contribution in [0.25, 0.3) is 21.9 Å². The van der Waals surface area contributed by atoms with E-state index in [1.165, 1.54) is 24.5 Å². The van der Waals surface area contributed by atoms with Crippen LogP contribution in [0.15, 0.2) is 48.4 Å². The molecule has 4 aromatic rings. The molecule has 32 heavy (non-hydrogen) atoms. The van der Waals surface area contributed by atoms with Gasteiger partial charge in [0.2, 0.25) is 0 Å². The topological polar surface area (TPSA) is 145 Å². The number of nitrogens with two attached hydrogens (primary N) is 2. The highest BCUT2D eigenvalue weighted by molar-refractivity contribution is 6.33. The first-order chi connectivity index (χ1) is 15.3. The van der Waals surface area contributed by atoms with E-state index in [1.807, 2.05) is 0 Å². The maximum Gasteiger partial charge on any atom is 0.146 e. The van der Waals surface area contributed by atoms with Gasteiger partial charge in [0.15, 0.2) is 0 Å². The molecule has 3 atom stereocenters. The summed E-state index contributed by atoms with van der Waals surface area (Å²) in [4.78, 5) is 12.3. The van der Waals surface area contributed by atoms with E-state index in [-0.39, 0.29) is 34.1 Å². The lowest BCUT2D eigenvalue weighted by molar-refractivity contribution is 0.0295. The zero-order chi connectivity index (χ0) is 22.6. The summed E-state index contributed by atoms with van der Waals surface area (Å²) in [6.45, 7) is -0.0704. The molecule has 0 saturated heterocycles. The van der Waals surface area contributed by atoms with Gasteiger partial charge < -0.3 is 31.0 Å². The smallest absolute Gasteiger partial charge is 0.146 e. The minimum atomic E-state index is -1.17. The molecule has 0 aliphatic heterocycles. The fraction of sp³-hybridized carbons (Fsp3) is 0.190. The number of aliphatic hydroxyl groups excluding tert-OH is 2. The van der Waals surface area contributed by atoms with Crippen LogP contribution in [0, 0.1) is 5.82 Å². The van der Waals surface area contributed by atoms with Gasteiger partial charge in [0.1, 0.15) is 54.0 Å². The summed E-state index contributed by atoms with van der Waals surface area (Å²) in [7, 11) is 0. The maximum atomic E-state index is 14.5. The van der Waals surface area contributed by atoms with Crippen LogP contribution in [0.4, 0.5) is 16.0 Å². The molecule has 3 aromatic heterocycles. The third-order valence-corrected chi connectivity index (χ3v) is 5.85. The molecular formula is C21H18ClFN6O3. The lowest BCUT2D eigenvalue weighted by atomic mass is 10.1. The molecule has 11 heteroatoms. The molecule has 9 nitrogen and oxygen atoms in total. The van der Waals surface area contributed by atoms with Gasteiger partial charge in [0, 0.05) is 23.7 Å². The Hall–Kier alpha value is -3.47. The van der Waals surface area contributed by atoms with E-state index in [0.29, 0.717) is 22.4 Å². The standard InChI is InChI=1S/C21H18ClFN6O3/c22-13-6-12-14(23)4-10(5-15(12)28-20(13)25)32-7-9-3-16(18(31)17(9)30)29-2-1-11-19(24)26-8-27-21(11)29/h1-6,8,16-18,30-31H,7H2,(H2,25,28)(H2,24,26,27)/t16?,17?,18-/m1/s1. The van der Waals surface area contributed by atoms with Gasteiger partial charge in [0.05, 0.1) is 22.0 Å². The first kappa shape index (κ1) is 20.4. The normalized spacial score (nSPS) is 20.8. The highest BCUT2D eigenvalue weighted by Gasteiger charge is 2.36. The highest BCUT2D eigenvalue weighted by atomic mass is 35.5. The molecule has 0 fully saturated rings. The number of benzene rings is 1. The van der Waals surface area contributed by atoms with Gasteiger partial charge in [-0.2, -0.15) is 0 Å². The zero-order valence-corrected chi connectivity index (χ0v) is 17.2. The third kappa shape index (κ3) is 3.29. The number of nitrogen functional groups attached to an aromatic ring is 2. The second-order valence-corrected chi connectivity index (χ2v) is 7.91. The van der Waals surface area contributed by atoms with Crippen molar-refractivity contribution in [2.75, 3.05) is 18.1 Å². The quantitative estimate of drug-likeness (QED) is 0.342. The zero-order valence-electron chi connectivity index (χ0n) is 16.5. The van der Waals surface area contributed by atoms with Crippen LogP contribution >= 0.6 is 11.6 Å². The number of hydrogen-bond donors (Lipinski definition) is 4. The van der Waals surface area contributed by atoms with Gasteiger partial charge in [-0.25, -0.2) is 19.3 Å². The van der Waals surface area contributed by atoms with Crippen LogP contribution in [0.1, 0.15) is 6.04 Å². The van der Waals surface area contributed by atoms with Crippen LogP contribution < -0.4 is 16.2 Å². The summed E-state index contributed by atoms with van der Waals surface area (Å²) in [5.74, 6) is 0.0335. The minimum Gasteiger partial charge on any atom is -0.489 e. The summed E-state index contributed by atoms with van der Waals surface area (Å²) < 4.78 is 21.9. The Morgan fingerprint density at radius 3 is 2.75 bits per heavy atom. The van der Waals surface area contributed by atoms with E-state index in [9.17, 15) is 14.6 Å². The van der Waals surface area contributed by atoms with E-state index < -0.39 is 24.1 Å². The van der Waals surface area contributed by atoms with Crippen molar-refractivity contribution in [1.29, 1.82) is 0 Å². The van der Waals surface area contributed by atoms with E-state index in [0.717, 1.165) is 0 Å². The molecule has 0 radical (unpaired) electrons. The number of rotatable bonds is 4. The van der Waals surface area contributed by atoms with E-state index in [4.69, 9.17) is 27.8 Å². The second kappa shape index (κ2) is 7.59. The largest absolute Gasteiger partial charge is 0.489 e. The number of ether oxygens (including phenoxy) is 1. The Labute approximate surface area is 185 Å². The number of halogens is 2. The number of hydrogen-bond acceptors (Lipinski definition) is 8. The predicted molar refractivity (Wildman–Crippen MR) is 118 cm³/mol. The fourth-order valence-electron chi connectivity index (χ4n) is 3.88. The number of anilines is 2. The minimum absolute atomic E-state index is 0.0704. The number of aliphatic hydroxyl groups is 2. The second-order valence-electron chi connectivity index (χ2n) is 7.50. The molecule has 3 heterocycles. The van der Waals surface area contributed by atoms with E-state index in [1.54, 1.807) is 22.9 Å². The summed E-state index contributed by atoms with van der Waals surface area (Å²) in [5, 5.41) is 22.2. The van der Waals surface area contributed by atoms with Crippen LogP contribution in [-0.2, 0) is 0 Å². The SMILES string of the molecule is Nc1nc2cc(OCC3=CC(n4ccc5c(N)ncnc54)[C@@H](O)C3O)cc(F)c2cc1Cl. The number of pyridine rings is 1. The van der Waals surface area contributed by atoms with Gasteiger partial charge in [-0.3, -0.25) is 0 Å². The molecule has 5 rings (SSSR count). The Balaban J connectivity index is 1.42. The Morgan fingerprint density at radius 1 is 1.12 bits per heavy atom. The van der Waals surface area contributed by atoms with Crippen molar-refractivity contribution in [1.82, 2.24) is 19.5 Å². The number of nitrogens with zero attached hydrogens (tertiary/aromatic N) is 4. The Morgan fingerprint density at radius 2 is 1.94 bits per heavy atom. The highest BCUT2D eigenvalue weighted by Crippen LogP contribution is 2.34. The fourth-order valence-corrected chi connectivity index (χ4v) is 4.03. The molecule has 2 unspecified atom stereocenters. The van der Waals surface area contributed by atoms with Gasteiger partial charge in [0.25, 0.3) is 0 Å². The number of fused-ring (bicyclic) bond motifs is 2. The van der Waals surface area contributed by atoms with Crippen molar-refractivity contribution in [3.8, 4) is 5.75 Å². The van der Waals surface area contributed by atoms with E-state index >= 15 is 0 Å². The van der Waals surface area contributed by atoms with Crippen molar-refractivity contribution >= 4 is 45.2 Å². The lowest BCUT2D eigenvalue weighted by Crippen LogP contribution is -2.30. The first-order valence-corrected chi connectivity index (χ1v) is 10.0. The van der Waals surface area contributed by atoms with E-state index in [2.05, 4.69) is 15.0 Å². The van der Waals surface area contributed by atoms with Crippen LogP contribution in [0.2, 0.25) is 5.02 Å². The maximum absolute atomic E-state index is 14.5. The molecule has 6 N–H and O–H groups in total. The lowest BCUT2D eigenvalue weighted by Gasteiger charge is -2.19. The predicted octanol–water partition coefficient (Wildman–Crippen LogP) is 2.22. The van der Waals surface area contributed by atoms with Crippen molar-refractivity contribution in [2.45, 2.75) is 18.2 Å². The van der Waals surface area contributed by atoms with Crippen molar-refractivity contribution in [3.05, 3.63) is 59.3 Å². The molecule has 0 saturated carbocycles. The molecular weight excluding hydrogens is 439 g/mol. The molecule has 1 aliphatic rings. The Bertz CT molecular complexity index is 1390. The van der Waals surface area contributed by atoms with Crippen molar-refractivity contribution < 1.29 is 19.3 Å². The van der Waals surface area contributed by atoms with Crippen molar-refractivity contribution in [3.63, 3.8) is 0 Å². The molecule has 1 aromatic carbocycles. The number of aromatic nitrogens is 4. The van der Waals surface area contributed by atoms with Gasteiger partial charge in [-0.15, -0.1) is 0 Å². The Kier molecular flexibility index (Phi) is 4.85. The molecule has 0 spiro atoms.